The van der Waals surface area contributed by atoms with Crippen LogP contribution in [0.25, 0.3) is 0 Å². The summed E-state index contributed by atoms with van der Waals surface area (Å²) in [5, 5.41) is 4.50. The van der Waals surface area contributed by atoms with Crippen molar-refractivity contribution >= 4 is 5.91 Å². The topological polar surface area (TPSA) is 72.1 Å². The molecule has 104 valence electrons. The molecule has 1 amide bonds. The summed E-state index contributed by atoms with van der Waals surface area (Å²) in [5.74, 6) is 1.22. The number of nitrogens with zero attached hydrogens (tertiary/aromatic N) is 1. The number of hydrazine groups is 1. The molecular formula is C12H17N3O4. The number of rotatable bonds is 4. The Bertz CT molecular complexity index is 447. The van der Waals surface area contributed by atoms with E-state index >= 15 is 0 Å². The molecule has 1 heterocycles. The zero-order valence-electron chi connectivity index (χ0n) is 11.1. The molecule has 1 aromatic carbocycles. The van der Waals surface area contributed by atoms with Crippen molar-refractivity contribution in [2.24, 2.45) is 0 Å². The van der Waals surface area contributed by atoms with Crippen molar-refractivity contribution in [3.8, 4) is 17.2 Å². The second-order valence-corrected chi connectivity index (χ2v) is 3.89. The number of hydrogen-bond donors (Lipinski definition) is 2. The first-order chi connectivity index (χ1) is 9.21. The molecule has 19 heavy (non-hydrogen) atoms. The van der Waals surface area contributed by atoms with Gasteiger partial charge in [-0.25, -0.2) is 5.43 Å². The Labute approximate surface area is 111 Å². The van der Waals surface area contributed by atoms with Gasteiger partial charge in [-0.2, -0.15) is 0 Å². The lowest BCUT2D eigenvalue weighted by Gasteiger charge is -2.17. The van der Waals surface area contributed by atoms with Crippen LogP contribution in [0.5, 0.6) is 17.2 Å². The number of ether oxygens (including phenoxy) is 3. The highest BCUT2D eigenvalue weighted by molar-refractivity contribution is 5.95. The zero-order valence-corrected chi connectivity index (χ0v) is 11.1. The zero-order chi connectivity index (χ0) is 13.8. The minimum Gasteiger partial charge on any atom is -0.493 e. The van der Waals surface area contributed by atoms with E-state index in [4.69, 9.17) is 14.2 Å². The van der Waals surface area contributed by atoms with Gasteiger partial charge in [0.1, 0.15) is 0 Å². The standard InChI is InChI=1S/C12H17N3O4/c1-17-9-4-8(5-10(18-2)11(9)19-3)12(16)15-7-13-6-14-15/h4-5,13-14H,6-7H2,1-3H3. The highest BCUT2D eigenvalue weighted by atomic mass is 16.5. The minimum atomic E-state index is -0.163. The van der Waals surface area contributed by atoms with Crippen LogP contribution in [0.2, 0.25) is 0 Å². The van der Waals surface area contributed by atoms with Crippen molar-refractivity contribution in [2.45, 2.75) is 0 Å². The highest BCUT2D eigenvalue weighted by Gasteiger charge is 2.22. The van der Waals surface area contributed by atoms with Gasteiger partial charge in [-0.15, -0.1) is 0 Å². The third-order valence-corrected chi connectivity index (χ3v) is 2.82. The molecule has 0 saturated carbocycles. The van der Waals surface area contributed by atoms with Crippen molar-refractivity contribution < 1.29 is 19.0 Å². The quantitative estimate of drug-likeness (QED) is 0.810. The molecule has 2 N–H and O–H groups in total. The predicted molar refractivity (Wildman–Crippen MR) is 68.3 cm³/mol. The van der Waals surface area contributed by atoms with Crippen LogP contribution < -0.4 is 25.0 Å². The average Bonchev–Trinajstić information content (AvgIpc) is 2.98. The smallest absolute Gasteiger partial charge is 0.269 e. The van der Waals surface area contributed by atoms with Gasteiger partial charge in [-0.05, 0) is 12.1 Å². The lowest BCUT2D eigenvalue weighted by molar-refractivity contribution is 0.0723. The largest absolute Gasteiger partial charge is 0.493 e. The summed E-state index contributed by atoms with van der Waals surface area (Å²) in [4.78, 5) is 12.3. The van der Waals surface area contributed by atoms with Crippen LogP contribution in [-0.4, -0.2) is 45.6 Å². The lowest BCUT2D eigenvalue weighted by atomic mass is 10.1. The average molecular weight is 267 g/mol. The Kier molecular flexibility index (Phi) is 4.08. The fourth-order valence-corrected chi connectivity index (χ4v) is 1.88. The van der Waals surface area contributed by atoms with E-state index in [1.165, 1.54) is 26.3 Å². The SMILES string of the molecule is COc1cc(C(=O)N2CNCN2)cc(OC)c1OC. The van der Waals surface area contributed by atoms with Crippen molar-refractivity contribution in [3.63, 3.8) is 0 Å². The van der Waals surface area contributed by atoms with Crippen LogP contribution in [0, 0.1) is 0 Å². The van der Waals surface area contributed by atoms with Crippen molar-refractivity contribution in [1.29, 1.82) is 0 Å². The number of amides is 1. The summed E-state index contributed by atoms with van der Waals surface area (Å²) in [7, 11) is 4.55. The first-order valence-electron chi connectivity index (χ1n) is 5.77. The normalized spacial score (nSPS) is 14.4. The number of methoxy groups -OCH3 is 3. The maximum atomic E-state index is 12.3. The molecule has 0 radical (unpaired) electrons. The number of nitrogens with one attached hydrogen (secondary N) is 2. The fraction of sp³-hybridized carbons (Fsp3) is 0.417. The van der Waals surface area contributed by atoms with E-state index in [9.17, 15) is 4.79 Å². The van der Waals surface area contributed by atoms with Crippen LogP contribution in [-0.2, 0) is 0 Å². The Morgan fingerprint density at radius 2 is 1.79 bits per heavy atom. The van der Waals surface area contributed by atoms with Gasteiger partial charge in [0.15, 0.2) is 11.5 Å². The minimum absolute atomic E-state index is 0.163. The second-order valence-electron chi connectivity index (χ2n) is 3.89. The molecule has 2 rings (SSSR count). The summed E-state index contributed by atoms with van der Waals surface area (Å²) < 4.78 is 15.7. The molecule has 0 unspecified atom stereocenters. The highest BCUT2D eigenvalue weighted by Crippen LogP contribution is 2.38. The third kappa shape index (κ3) is 2.56. The van der Waals surface area contributed by atoms with Gasteiger partial charge in [-0.3, -0.25) is 15.1 Å². The molecule has 7 heteroatoms. The Morgan fingerprint density at radius 1 is 1.16 bits per heavy atom. The number of hydrogen-bond acceptors (Lipinski definition) is 6. The molecule has 0 aromatic heterocycles. The Hall–Kier alpha value is -1.99. The van der Waals surface area contributed by atoms with Crippen molar-refractivity contribution in [2.75, 3.05) is 34.7 Å². The maximum absolute atomic E-state index is 12.3. The summed E-state index contributed by atoms with van der Waals surface area (Å²) in [6.45, 7) is 1.02. The van der Waals surface area contributed by atoms with Crippen molar-refractivity contribution in [3.05, 3.63) is 17.7 Å². The number of carbonyl (C=O) groups excluding carboxylic acids is 1. The first-order valence-corrected chi connectivity index (χ1v) is 5.77. The van der Waals surface area contributed by atoms with E-state index in [2.05, 4.69) is 10.7 Å². The molecule has 1 aromatic rings. The van der Waals surface area contributed by atoms with E-state index in [0.717, 1.165) is 0 Å². The van der Waals surface area contributed by atoms with Gasteiger partial charge >= 0.3 is 0 Å². The van der Waals surface area contributed by atoms with E-state index in [-0.39, 0.29) is 5.91 Å². The van der Waals surface area contributed by atoms with E-state index in [1.807, 2.05) is 0 Å². The van der Waals surface area contributed by atoms with Gasteiger partial charge in [0, 0.05) is 5.56 Å². The predicted octanol–water partition coefficient (Wildman–Crippen LogP) is 0.177. The molecule has 0 atom stereocenters. The molecule has 0 bridgehead atoms. The molecule has 1 aliphatic heterocycles. The van der Waals surface area contributed by atoms with Crippen LogP contribution in [0.4, 0.5) is 0 Å². The summed E-state index contributed by atoms with van der Waals surface area (Å²) >= 11 is 0. The first kappa shape index (κ1) is 13.4. The van der Waals surface area contributed by atoms with E-state index in [0.29, 0.717) is 36.1 Å². The molecule has 1 saturated heterocycles. The molecule has 0 aliphatic carbocycles. The van der Waals surface area contributed by atoms with Gasteiger partial charge < -0.3 is 14.2 Å². The molecule has 0 spiro atoms. The summed E-state index contributed by atoms with van der Waals surface area (Å²) in [5.41, 5.74) is 3.38. The van der Waals surface area contributed by atoms with Gasteiger partial charge in [0.2, 0.25) is 5.75 Å². The lowest BCUT2D eigenvalue weighted by Crippen LogP contribution is -2.37. The van der Waals surface area contributed by atoms with Crippen LogP contribution in [0.1, 0.15) is 10.4 Å². The number of benzene rings is 1. The summed E-state index contributed by atoms with van der Waals surface area (Å²) in [6, 6.07) is 3.26. The Balaban J connectivity index is 2.37. The van der Waals surface area contributed by atoms with Crippen LogP contribution in [0.15, 0.2) is 12.1 Å². The molecule has 1 aliphatic rings. The third-order valence-electron chi connectivity index (χ3n) is 2.82. The second kappa shape index (κ2) is 5.77. The van der Waals surface area contributed by atoms with Crippen molar-refractivity contribution in [1.82, 2.24) is 15.8 Å². The maximum Gasteiger partial charge on any atom is 0.269 e. The van der Waals surface area contributed by atoms with Gasteiger partial charge in [0.25, 0.3) is 5.91 Å². The van der Waals surface area contributed by atoms with E-state index < -0.39 is 0 Å². The molecule has 7 nitrogen and oxygen atoms in total. The number of carbonyl (C=O) groups is 1. The van der Waals surface area contributed by atoms with Gasteiger partial charge in [0.05, 0.1) is 34.7 Å². The van der Waals surface area contributed by atoms with Crippen LogP contribution >= 0.6 is 0 Å². The van der Waals surface area contributed by atoms with Gasteiger partial charge in [-0.1, -0.05) is 0 Å². The summed E-state index contributed by atoms with van der Waals surface area (Å²) in [6.07, 6.45) is 0. The van der Waals surface area contributed by atoms with E-state index in [1.54, 1.807) is 12.1 Å². The molecular weight excluding hydrogens is 250 g/mol. The van der Waals surface area contributed by atoms with Crippen LogP contribution in [0.3, 0.4) is 0 Å². The Morgan fingerprint density at radius 3 is 2.21 bits per heavy atom. The fourth-order valence-electron chi connectivity index (χ4n) is 1.88. The monoisotopic (exact) mass is 267 g/mol. The molecule has 1 fully saturated rings.